The normalized spacial score (nSPS) is 12.1. The predicted molar refractivity (Wildman–Crippen MR) is 55.2 cm³/mol. The topological polar surface area (TPSA) is 116 Å². The quantitative estimate of drug-likeness (QED) is 0.321. The molecule has 8 heteroatoms. The molecule has 1 atom stereocenters. The lowest BCUT2D eigenvalue weighted by Gasteiger charge is -2.11. The molecular weight excluding hydrogens is 214 g/mol. The van der Waals surface area contributed by atoms with Crippen LogP contribution in [-0.2, 0) is 4.79 Å². The molecule has 0 aromatic carbocycles. The Morgan fingerprint density at radius 2 is 2.50 bits per heavy atom. The molecular formula is C8H13N5O3. The summed E-state index contributed by atoms with van der Waals surface area (Å²) in [4.78, 5) is 21.2. The van der Waals surface area contributed by atoms with Crippen LogP contribution in [0.2, 0.25) is 0 Å². The zero-order valence-electron chi connectivity index (χ0n) is 8.79. The van der Waals surface area contributed by atoms with Gasteiger partial charge in [0.2, 0.25) is 0 Å². The summed E-state index contributed by atoms with van der Waals surface area (Å²) >= 11 is 0. The standard InChI is InChI=1S/C8H13N5O3/c1-2-3-6(8(14)10-9)12-5-4-7(11-12)13(15)16/h4-6H,2-3,9H2,1H3,(H,10,14). The van der Waals surface area contributed by atoms with Crippen molar-refractivity contribution in [2.24, 2.45) is 5.84 Å². The van der Waals surface area contributed by atoms with Gasteiger partial charge < -0.3 is 10.1 Å². The van der Waals surface area contributed by atoms with Crippen LogP contribution in [0.5, 0.6) is 0 Å². The summed E-state index contributed by atoms with van der Waals surface area (Å²) in [6.07, 6.45) is 2.65. The fourth-order valence-corrected chi connectivity index (χ4v) is 1.35. The Morgan fingerprint density at radius 1 is 1.81 bits per heavy atom. The van der Waals surface area contributed by atoms with E-state index in [-0.39, 0.29) is 5.82 Å². The third kappa shape index (κ3) is 2.54. The van der Waals surface area contributed by atoms with Crippen molar-refractivity contribution in [3.8, 4) is 0 Å². The summed E-state index contributed by atoms with van der Waals surface area (Å²) in [5.74, 6) is 4.33. The number of rotatable bonds is 5. The number of hydrogen-bond donors (Lipinski definition) is 2. The van der Waals surface area contributed by atoms with Gasteiger partial charge in [-0.15, -0.1) is 0 Å². The van der Waals surface area contributed by atoms with Crippen molar-refractivity contribution in [3.63, 3.8) is 0 Å². The van der Waals surface area contributed by atoms with Crippen molar-refractivity contribution in [2.75, 3.05) is 0 Å². The van der Waals surface area contributed by atoms with Gasteiger partial charge in [-0.05, 0) is 11.3 Å². The zero-order valence-corrected chi connectivity index (χ0v) is 8.79. The highest BCUT2D eigenvalue weighted by Crippen LogP contribution is 2.16. The highest BCUT2D eigenvalue weighted by molar-refractivity contribution is 5.79. The van der Waals surface area contributed by atoms with E-state index in [1.165, 1.54) is 16.9 Å². The SMILES string of the molecule is CCCC(C(=O)NN)n1ccc([N+](=O)[O-])n1. The van der Waals surface area contributed by atoms with E-state index < -0.39 is 16.9 Å². The van der Waals surface area contributed by atoms with E-state index in [1.807, 2.05) is 12.3 Å². The van der Waals surface area contributed by atoms with Crippen LogP contribution < -0.4 is 11.3 Å². The Kier molecular flexibility index (Phi) is 3.95. The minimum Gasteiger partial charge on any atom is -0.358 e. The molecule has 1 aromatic rings. The molecule has 0 fully saturated rings. The fourth-order valence-electron chi connectivity index (χ4n) is 1.35. The highest BCUT2D eigenvalue weighted by atomic mass is 16.6. The molecule has 1 heterocycles. The maximum Gasteiger partial charge on any atom is 0.389 e. The van der Waals surface area contributed by atoms with Gasteiger partial charge in [0.05, 0.1) is 17.4 Å². The summed E-state index contributed by atoms with van der Waals surface area (Å²) in [7, 11) is 0. The lowest BCUT2D eigenvalue weighted by molar-refractivity contribution is -0.389. The van der Waals surface area contributed by atoms with Crippen LogP contribution in [0.25, 0.3) is 0 Å². The molecule has 0 spiro atoms. The van der Waals surface area contributed by atoms with Crippen LogP contribution in [0, 0.1) is 10.1 Å². The Balaban J connectivity index is 2.92. The van der Waals surface area contributed by atoms with Gasteiger partial charge >= 0.3 is 5.82 Å². The van der Waals surface area contributed by atoms with Gasteiger partial charge in [-0.1, -0.05) is 13.3 Å². The maximum atomic E-state index is 11.4. The molecule has 0 saturated heterocycles. The molecule has 0 aliphatic heterocycles. The average molecular weight is 227 g/mol. The minimum absolute atomic E-state index is 0.286. The molecule has 0 aliphatic rings. The number of nitrogens with zero attached hydrogens (tertiary/aromatic N) is 3. The molecule has 1 unspecified atom stereocenters. The first kappa shape index (κ1) is 12.1. The van der Waals surface area contributed by atoms with Crippen LogP contribution in [0.1, 0.15) is 25.8 Å². The monoisotopic (exact) mass is 227 g/mol. The first-order chi connectivity index (χ1) is 7.60. The maximum absolute atomic E-state index is 11.4. The number of carbonyl (C=O) groups excluding carboxylic acids is 1. The Bertz CT molecular complexity index is 389. The summed E-state index contributed by atoms with van der Waals surface area (Å²) in [6, 6.07) is 0.635. The summed E-state index contributed by atoms with van der Waals surface area (Å²) in [5, 5.41) is 14.1. The van der Waals surface area contributed by atoms with E-state index >= 15 is 0 Å². The minimum atomic E-state index is -0.611. The number of carbonyl (C=O) groups is 1. The molecule has 3 N–H and O–H groups in total. The molecule has 0 radical (unpaired) electrons. The number of nitrogens with one attached hydrogen (secondary N) is 1. The lowest BCUT2D eigenvalue weighted by atomic mass is 10.1. The number of nitrogens with two attached hydrogens (primary N) is 1. The third-order valence-corrected chi connectivity index (χ3v) is 2.11. The van der Waals surface area contributed by atoms with Gasteiger partial charge in [0.15, 0.2) is 6.04 Å². The molecule has 0 aliphatic carbocycles. The second kappa shape index (κ2) is 5.21. The van der Waals surface area contributed by atoms with Crippen LogP contribution in [-0.4, -0.2) is 20.6 Å². The number of amides is 1. The number of nitro groups is 1. The van der Waals surface area contributed by atoms with E-state index in [1.54, 1.807) is 0 Å². The Hall–Kier alpha value is -1.96. The van der Waals surface area contributed by atoms with E-state index in [2.05, 4.69) is 5.10 Å². The Labute approximate surface area is 91.5 Å². The highest BCUT2D eigenvalue weighted by Gasteiger charge is 2.24. The number of hydrazine groups is 1. The second-order valence-corrected chi connectivity index (χ2v) is 3.22. The second-order valence-electron chi connectivity index (χ2n) is 3.22. The van der Waals surface area contributed by atoms with Crippen molar-refractivity contribution in [1.29, 1.82) is 0 Å². The molecule has 16 heavy (non-hydrogen) atoms. The van der Waals surface area contributed by atoms with E-state index in [9.17, 15) is 14.9 Å². The van der Waals surface area contributed by atoms with E-state index in [4.69, 9.17) is 5.84 Å². The molecule has 0 bridgehead atoms. The molecule has 88 valence electrons. The largest absolute Gasteiger partial charge is 0.389 e. The zero-order chi connectivity index (χ0) is 12.1. The van der Waals surface area contributed by atoms with Crippen LogP contribution in [0.15, 0.2) is 12.3 Å². The predicted octanol–water partition coefficient (Wildman–Crippen LogP) is 0.122. The molecule has 1 rings (SSSR count). The fraction of sp³-hybridized carbons (Fsp3) is 0.500. The van der Waals surface area contributed by atoms with Gasteiger partial charge in [0, 0.05) is 0 Å². The number of hydrogen-bond acceptors (Lipinski definition) is 5. The summed E-state index contributed by atoms with van der Waals surface area (Å²) in [5.41, 5.74) is 2.02. The first-order valence-electron chi connectivity index (χ1n) is 4.80. The molecule has 1 amide bonds. The van der Waals surface area contributed by atoms with Crippen LogP contribution in [0.4, 0.5) is 5.82 Å². The van der Waals surface area contributed by atoms with Gasteiger partial charge in [-0.3, -0.25) is 10.2 Å². The summed E-state index contributed by atoms with van der Waals surface area (Å²) in [6.45, 7) is 1.90. The van der Waals surface area contributed by atoms with E-state index in [0.29, 0.717) is 6.42 Å². The van der Waals surface area contributed by atoms with Gasteiger partial charge in [-0.25, -0.2) is 5.84 Å². The summed E-state index contributed by atoms with van der Waals surface area (Å²) < 4.78 is 1.25. The lowest BCUT2D eigenvalue weighted by Crippen LogP contribution is -2.37. The van der Waals surface area contributed by atoms with Crippen molar-refractivity contribution < 1.29 is 9.72 Å². The van der Waals surface area contributed by atoms with Crippen molar-refractivity contribution in [2.45, 2.75) is 25.8 Å². The van der Waals surface area contributed by atoms with Crippen LogP contribution >= 0.6 is 0 Å². The molecule has 8 nitrogen and oxygen atoms in total. The first-order valence-corrected chi connectivity index (χ1v) is 4.80. The number of aromatic nitrogens is 2. The Morgan fingerprint density at radius 3 is 2.94 bits per heavy atom. The third-order valence-electron chi connectivity index (χ3n) is 2.11. The van der Waals surface area contributed by atoms with Crippen molar-refractivity contribution in [1.82, 2.24) is 15.2 Å². The molecule has 1 aromatic heterocycles. The van der Waals surface area contributed by atoms with Crippen LogP contribution in [0.3, 0.4) is 0 Å². The van der Waals surface area contributed by atoms with Gasteiger partial charge in [-0.2, -0.15) is 4.68 Å². The molecule has 0 saturated carbocycles. The van der Waals surface area contributed by atoms with Gasteiger partial charge in [0.25, 0.3) is 5.91 Å². The van der Waals surface area contributed by atoms with Crippen molar-refractivity contribution >= 4 is 11.7 Å². The van der Waals surface area contributed by atoms with Gasteiger partial charge in [0.1, 0.15) is 0 Å². The van der Waals surface area contributed by atoms with E-state index in [0.717, 1.165) is 6.42 Å². The average Bonchev–Trinajstić information content (AvgIpc) is 2.74. The van der Waals surface area contributed by atoms with Crippen molar-refractivity contribution in [3.05, 3.63) is 22.4 Å². The smallest absolute Gasteiger partial charge is 0.358 e.